The van der Waals surface area contributed by atoms with Crippen LogP contribution in [0.1, 0.15) is 10.4 Å². The maximum absolute atomic E-state index is 12.4. The molecule has 0 radical (unpaired) electrons. The molecule has 0 aliphatic carbocycles. The van der Waals surface area contributed by atoms with Gasteiger partial charge in [-0.2, -0.15) is 0 Å². The molecule has 19 heavy (non-hydrogen) atoms. The number of guanidine groups is 1. The van der Waals surface area contributed by atoms with E-state index in [0.29, 0.717) is 11.3 Å². The number of oxime groups is 1. The van der Waals surface area contributed by atoms with Crippen molar-refractivity contribution in [2.45, 2.75) is 0 Å². The zero-order valence-corrected chi connectivity index (χ0v) is 10.1. The van der Waals surface area contributed by atoms with Crippen LogP contribution in [0, 0.1) is 0 Å². The second-order valence-electron chi connectivity index (χ2n) is 3.80. The number of benzene rings is 2. The standard InChI is InChI=1S/C14H13N3O2/c15-14(16-19)17(12-9-5-2-6-10-12)13(18)11-7-3-1-4-8-11/h1-10,19H,(H2,15,16). The van der Waals surface area contributed by atoms with E-state index >= 15 is 0 Å². The van der Waals surface area contributed by atoms with E-state index in [2.05, 4.69) is 5.16 Å². The predicted molar refractivity (Wildman–Crippen MR) is 73.1 cm³/mol. The van der Waals surface area contributed by atoms with E-state index in [0.717, 1.165) is 4.90 Å². The van der Waals surface area contributed by atoms with Crippen molar-refractivity contribution in [1.29, 1.82) is 0 Å². The van der Waals surface area contributed by atoms with Crippen LogP contribution in [0.15, 0.2) is 65.8 Å². The van der Waals surface area contributed by atoms with Crippen molar-refractivity contribution < 1.29 is 10.0 Å². The Morgan fingerprint density at radius 3 is 2.05 bits per heavy atom. The second-order valence-corrected chi connectivity index (χ2v) is 3.80. The van der Waals surface area contributed by atoms with E-state index in [4.69, 9.17) is 10.9 Å². The zero-order valence-electron chi connectivity index (χ0n) is 10.1. The summed E-state index contributed by atoms with van der Waals surface area (Å²) in [6.07, 6.45) is 0. The van der Waals surface area contributed by atoms with Crippen molar-refractivity contribution in [3.63, 3.8) is 0 Å². The van der Waals surface area contributed by atoms with Gasteiger partial charge in [-0.1, -0.05) is 41.6 Å². The summed E-state index contributed by atoms with van der Waals surface area (Å²) in [5, 5.41) is 11.7. The summed E-state index contributed by atoms with van der Waals surface area (Å²) >= 11 is 0. The van der Waals surface area contributed by atoms with Gasteiger partial charge in [-0.15, -0.1) is 0 Å². The third kappa shape index (κ3) is 2.71. The first-order valence-electron chi connectivity index (χ1n) is 5.66. The van der Waals surface area contributed by atoms with Crippen molar-refractivity contribution in [3.8, 4) is 0 Å². The lowest BCUT2D eigenvalue weighted by molar-refractivity contribution is 0.100. The van der Waals surface area contributed by atoms with Gasteiger partial charge in [0, 0.05) is 5.56 Å². The molecule has 2 aromatic rings. The van der Waals surface area contributed by atoms with Crippen LogP contribution < -0.4 is 10.6 Å². The molecule has 0 bridgehead atoms. The number of amides is 1. The van der Waals surface area contributed by atoms with Gasteiger partial charge >= 0.3 is 0 Å². The minimum atomic E-state index is -0.359. The predicted octanol–water partition coefficient (Wildman–Crippen LogP) is 2.04. The van der Waals surface area contributed by atoms with E-state index in [1.54, 1.807) is 48.5 Å². The average molecular weight is 255 g/mol. The monoisotopic (exact) mass is 255 g/mol. The van der Waals surface area contributed by atoms with Crippen LogP contribution in [0.25, 0.3) is 0 Å². The maximum Gasteiger partial charge on any atom is 0.265 e. The summed E-state index contributed by atoms with van der Waals surface area (Å²) in [6.45, 7) is 0. The molecule has 0 atom stereocenters. The molecule has 5 nitrogen and oxygen atoms in total. The first kappa shape index (κ1) is 12.6. The van der Waals surface area contributed by atoms with E-state index < -0.39 is 0 Å². The number of para-hydroxylation sites is 1. The first-order chi connectivity index (χ1) is 9.24. The minimum absolute atomic E-state index is 0.278. The fourth-order valence-corrected chi connectivity index (χ4v) is 1.69. The molecule has 0 saturated heterocycles. The highest BCUT2D eigenvalue weighted by Gasteiger charge is 2.21. The number of carbonyl (C=O) groups excluding carboxylic acids is 1. The van der Waals surface area contributed by atoms with Crippen LogP contribution in [-0.4, -0.2) is 17.1 Å². The number of nitrogens with zero attached hydrogens (tertiary/aromatic N) is 2. The number of hydrogen-bond acceptors (Lipinski definition) is 3. The van der Waals surface area contributed by atoms with Crippen molar-refractivity contribution >= 4 is 17.6 Å². The quantitative estimate of drug-likeness (QED) is 0.373. The van der Waals surface area contributed by atoms with Crippen LogP contribution in [0.2, 0.25) is 0 Å². The molecular weight excluding hydrogens is 242 g/mol. The average Bonchev–Trinajstić information content (AvgIpc) is 2.49. The lowest BCUT2D eigenvalue weighted by Crippen LogP contribution is -2.42. The van der Waals surface area contributed by atoms with Crippen LogP contribution in [0.5, 0.6) is 0 Å². The molecule has 0 heterocycles. The molecule has 0 spiro atoms. The van der Waals surface area contributed by atoms with Gasteiger partial charge in [-0.25, -0.2) is 4.90 Å². The summed E-state index contributed by atoms with van der Waals surface area (Å²) in [5.74, 6) is -0.637. The third-order valence-corrected chi connectivity index (χ3v) is 2.57. The molecule has 0 unspecified atom stereocenters. The summed E-state index contributed by atoms with van der Waals surface area (Å²) in [7, 11) is 0. The molecule has 0 fully saturated rings. The molecule has 1 amide bonds. The van der Waals surface area contributed by atoms with Crippen LogP contribution in [0.3, 0.4) is 0 Å². The maximum atomic E-state index is 12.4. The Balaban J connectivity index is 2.43. The topological polar surface area (TPSA) is 78.9 Å². The van der Waals surface area contributed by atoms with Gasteiger partial charge in [0.1, 0.15) is 0 Å². The number of anilines is 1. The highest BCUT2D eigenvalue weighted by atomic mass is 16.4. The Bertz CT molecular complexity index is 582. The van der Waals surface area contributed by atoms with Gasteiger partial charge < -0.3 is 10.9 Å². The summed E-state index contributed by atoms with van der Waals surface area (Å²) in [4.78, 5) is 13.5. The van der Waals surface area contributed by atoms with Crippen molar-refractivity contribution in [2.75, 3.05) is 4.90 Å². The Hall–Kier alpha value is -2.82. The Morgan fingerprint density at radius 1 is 1.00 bits per heavy atom. The lowest BCUT2D eigenvalue weighted by Gasteiger charge is -2.20. The summed E-state index contributed by atoms with van der Waals surface area (Å²) < 4.78 is 0. The number of rotatable bonds is 2. The van der Waals surface area contributed by atoms with Gasteiger partial charge in [0.05, 0.1) is 5.69 Å². The van der Waals surface area contributed by atoms with Gasteiger partial charge in [0.25, 0.3) is 5.91 Å². The second kappa shape index (κ2) is 5.68. The molecule has 0 aromatic heterocycles. The molecule has 2 rings (SSSR count). The SMILES string of the molecule is NC(=NO)N(C(=O)c1ccccc1)c1ccccc1. The largest absolute Gasteiger partial charge is 0.408 e. The van der Waals surface area contributed by atoms with Gasteiger partial charge in [-0.3, -0.25) is 4.79 Å². The van der Waals surface area contributed by atoms with Crippen LogP contribution in [0.4, 0.5) is 5.69 Å². The van der Waals surface area contributed by atoms with E-state index in [-0.39, 0.29) is 11.9 Å². The molecule has 0 aliphatic heterocycles. The van der Waals surface area contributed by atoms with Crippen molar-refractivity contribution in [1.82, 2.24) is 0 Å². The molecule has 0 aliphatic rings. The van der Waals surface area contributed by atoms with E-state index in [1.165, 1.54) is 0 Å². The number of hydrogen-bond donors (Lipinski definition) is 2. The van der Waals surface area contributed by atoms with Crippen molar-refractivity contribution in [2.24, 2.45) is 10.9 Å². The fourth-order valence-electron chi connectivity index (χ4n) is 1.69. The number of nitrogens with two attached hydrogens (primary N) is 1. The Labute approximate surface area is 110 Å². The van der Waals surface area contributed by atoms with E-state index in [1.807, 2.05) is 12.1 Å². The molecule has 96 valence electrons. The van der Waals surface area contributed by atoms with Crippen LogP contribution >= 0.6 is 0 Å². The fraction of sp³-hybridized carbons (Fsp3) is 0. The zero-order chi connectivity index (χ0) is 13.7. The van der Waals surface area contributed by atoms with E-state index in [9.17, 15) is 4.79 Å². The van der Waals surface area contributed by atoms with Gasteiger partial charge in [0.2, 0.25) is 5.96 Å². The molecule has 5 heteroatoms. The smallest absolute Gasteiger partial charge is 0.265 e. The van der Waals surface area contributed by atoms with Gasteiger partial charge in [-0.05, 0) is 24.3 Å². The van der Waals surface area contributed by atoms with Gasteiger partial charge in [0.15, 0.2) is 0 Å². The van der Waals surface area contributed by atoms with Crippen molar-refractivity contribution in [3.05, 3.63) is 66.2 Å². The normalized spacial score (nSPS) is 11.1. The minimum Gasteiger partial charge on any atom is -0.408 e. The molecule has 2 aromatic carbocycles. The molecule has 0 saturated carbocycles. The molecular formula is C14H13N3O2. The lowest BCUT2D eigenvalue weighted by atomic mass is 10.2. The van der Waals surface area contributed by atoms with Crippen LogP contribution in [-0.2, 0) is 0 Å². The Kier molecular flexibility index (Phi) is 3.78. The highest BCUT2D eigenvalue weighted by Crippen LogP contribution is 2.16. The Morgan fingerprint density at radius 2 is 1.53 bits per heavy atom. The first-order valence-corrected chi connectivity index (χ1v) is 5.66. The third-order valence-electron chi connectivity index (χ3n) is 2.57. The summed E-state index contributed by atoms with van der Waals surface area (Å²) in [6, 6.07) is 17.4. The molecule has 3 N–H and O–H groups in total. The number of carbonyl (C=O) groups is 1. The summed E-state index contributed by atoms with van der Waals surface area (Å²) in [5.41, 5.74) is 6.58. The highest BCUT2D eigenvalue weighted by molar-refractivity contribution is 6.21.